The zero-order valence-corrected chi connectivity index (χ0v) is 30.7. The molecule has 0 amide bonds. The third-order valence-electron chi connectivity index (χ3n) is 0. The van der Waals surface area contributed by atoms with Gasteiger partial charge in [-0.05, 0) is 0 Å². The molecule has 0 aliphatic heterocycles. The predicted molar refractivity (Wildman–Crippen MR) is 32.2 cm³/mol. The Kier molecular flexibility index (Phi) is 178. The van der Waals surface area contributed by atoms with Crippen LogP contribution >= 0.6 is 0 Å². The standard InChI is InChI=1S/2K.4H3N.18O.6V/h;;4*1H3;;;;;;;;;;;;;;;;;;;;;;;;/q2*+1;;;;;;;;;;;;;;;;;6*-1;;;;;;/p+4. The van der Waals surface area contributed by atoms with E-state index in [0.717, 1.165) is 0 Å². The Hall–Kier alpha value is 3.98. The Morgan fingerprint density at radius 2 is 0.267 bits per heavy atom. The van der Waals surface area contributed by atoms with Crippen LogP contribution in [0.4, 0.5) is 0 Å². The van der Waals surface area contributed by atoms with Crippen molar-refractivity contribution in [3.8, 4) is 0 Å². The molecule has 0 aliphatic rings. The fraction of sp³-hybridized carbons (Fsp3) is 0. The summed E-state index contributed by atoms with van der Waals surface area (Å²) < 4.78 is 154. The van der Waals surface area contributed by atoms with E-state index in [2.05, 4.69) is 0 Å². The van der Waals surface area contributed by atoms with Crippen LogP contribution in [-0.2, 0) is 136 Å². The van der Waals surface area contributed by atoms with E-state index in [9.17, 15) is 0 Å². The van der Waals surface area contributed by atoms with Crippen molar-refractivity contribution >= 4 is 0 Å². The summed E-state index contributed by atoms with van der Waals surface area (Å²) in [6.07, 6.45) is 0. The van der Waals surface area contributed by atoms with Gasteiger partial charge in [0, 0.05) is 0 Å². The van der Waals surface area contributed by atoms with E-state index in [1.807, 2.05) is 0 Å². The van der Waals surface area contributed by atoms with Gasteiger partial charge in [-0.1, -0.05) is 0 Å². The quantitative estimate of drug-likeness (QED) is 0.167. The van der Waals surface area contributed by atoms with Gasteiger partial charge in [-0.2, -0.15) is 0 Å². The SMILES string of the molecule is [K+].[K+].[NH4+].[NH4+].[NH4+].[NH4+].[O]=[V](=[O])[O-].[O]=[V](=[O])[O-].[O]=[V](=[O])[O-].[O]=[V](=[O])[O-].[O]=[V](=[O])[O-].[O]=[V](=[O])[O-]. The molecule has 176 valence electrons. The van der Waals surface area contributed by atoms with Gasteiger partial charge in [-0.3, -0.25) is 0 Å². The van der Waals surface area contributed by atoms with Gasteiger partial charge in [0.05, 0.1) is 0 Å². The van der Waals surface area contributed by atoms with E-state index in [-0.39, 0.29) is 127 Å². The summed E-state index contributed by atoms with van der Waals surface area (Å²) in [7, 11) is 0. The van der Waals surface area contributed by atoms with Crippen molar-refractivity contribution in [2.24, 2.45) is 0 Å². The molecule has 0 saturated heterocycles. The molecule has 0 heterocycles. The summed E-state index contributed by atoms with van der Waals surface area (Å²) in [4.78, 5) is 0. The Labute approximate surface area is 281 Å². The first-order valence-electron chi connectivity index (χ1n) is 3.29. The Bertz CT molecular complexity index is 492. The van der Waals surface area contributed by atoms with E-state index in [1.54, 1.807) is 0 Å². The van der Waals surface area contributed by atoms with Gasteiger partial charge in [-0.15, -0.1) is 0 Å². The van der Waals surface area contributed by atoms with Gasteiger partial charge < -0.3 is 24.6 Å². The summed E-state index contributed by atoms with van der Waals surface area (Å²) in [5.74, 6) is 0. The number of quaternary nitrogens is 4. The minimum absolute atomic E-state index is 0. The van der Waals surface area contributed by atoms with Crippen LogP contribution in [0.3, 0.4) is 0 Å². The molecule has 0 radical (unpaired) electrons. The second-order valence-electron chi connectivity index (χ2n) is 1.34. The number of rotatable bonds is 0. The predicted octanol–water partition coefficient (Wildman–Crippen LogP) is -13.1. The van der Waals surface area contributed by atoms with Gasteiger partial charge in [0.25, 0.3) is 0 Å². The minimum atomic E-state index is -3.94. The molecule has 0 aliphatic carbocycles. The van der Waals surface area contributed by atoms with Crippen molar-refractivity contribution in [1.29, 1.82) is 0 Å². The third kappa shape index (κ3) is 1940. The van der Waals surface area contributed by atoms with Crippen LogP contribution in [0.25, 0.3) is 0 Å². The molecule has 0 aromatic carbocycles. The summed E-state index contributed by atoms with van der Waals surface area (Å²) in [5, 5.41) is 0. The second kappa shape index (κ2) is 69.8. The van der Waals surface area contributed by atoms with Crippen LogP contribution in [0, 0.1) is 0 Å². The summed E-state index contributed by atoms with van der Waals surface area (Å²) in [5.41, 5.74) is 0. The molecule has 0 saturated carbocycles. The van der Waals surface area contributed by atoms with Crippen molar-refractivity contribution in [2.75, 3.05) is 0 Å². The van der Waals surface area contributed by atoms with Crippen molar-refractivity contribution in [3.63, 3.8) is 0 Å². The fourth-order valence-corrected chi connectivity index (χ4v) is 0. The van der Waals surface area contributed by atoms with Gasteiger partial charge in [0.2, 0.25) is 0 Å². The molecule has 0 bridgehead atoms. The van der Waals surface area contributed by atoms with E-state index < -0.39 is 92.4 Å². The molecule has 0 unspecified atom stereocenters. The summed E-state index contributed by atoms with van der Waals surface area (Å²) in [6.45, 7) is 0. The molecule has 22 nitrogen and oxygen atoms in total. The first-order valence-corrected chi connectivity index (χ1v) is 13.5. The first kappa shape index (κ1) is 76.5. The maximum atomic E-state index is 8.56. The van der Waals surface area contributed by atoms with Crippen molar-refractivity contribution in [1.82, 2.24) is 24.6 Å². The van der Waals surface area contributed by atoms with Gasteiger partial charge in [0.1, 0.15) is 0 Å². The average molecular weight is 744 g/mol. The molecule has 0 fully saturated rings. The van der Waals surface area contributed by atoms with Crippen LogP contribution in [0.1, 0.15) is 0 Å². The van der Waals surface area contributed by atoms with Crippen molar-refractivity contribution in [3.05, 3.63) is 0 Å². The van der Waals surface area contributed by atoms with E-state index in [4.69, 9.17) is 68.3 Å². The van der Waals surface area contributed by atoms with Crippen LogP contribution < -0.4 is 152 Å². The zero-order valence-electron chi connectivity index (χ0n) is 16.0. The van der Waals surface area contributed by atoms with E-state index >= 15 is 0 Å². The topological polar surface area (TPSA) is 489 Å². The Morgan fingerprint density at radius 3 is 0.267 bits per heavy atom. The van der Waals surface area contributed by atoms with Gasteiger partial charge in [-0.25, -0.2) is 0 Å². The Morgan fingerprint density at radius 1 is 0.267 bits per heavy atom. The fourth-order valence-electron chi connectivity index (χ4n) is 0. The average Bonchev–Trinajstić information content (AvgIpc) is 2.08. The van der Waals surface area contributed by atoms with Crippen molar-refractivity contribution in [2.45, 2.75) is 0 Å². The molecular formula is H16K2N4O18V6. The summed E-state index contributed by atoms with van der Waals surface area (Å²) in [6, 6.07) is 0. The Balaban J connectivity index is -0.0000000125. The monoisotopic (exact) mass is 744 g/mol. The van der Waals surface area contributed by atoms with Crippen molar-refractivity contribution < 1.29 is 263 Å². The molecule has 30 heavy (non-hydrogen) atoms. The second-order valence-corrected chi connectivity index (χ2v) is 5.53. The zero-order chi connectivity index (χ0) is 21.5. The van der Waals surface area contributed by atoms with E-state index in [0.29, 0.717) is 0 Å². The molecule has 16 N–H and O–H groups in total. The molecule has 0 spiro atoms. The number of hydrogen-bond donors (Lipinski definition) is 4. The van der Waals surface area contributed by atoms with Crippen LogP contribution in [0.2, 0.25) is 0 Å². The van der Waals surface area contributed by atoms with Gasteiger partial charge in [0.15, 0.2) is 0 Å². The third-order valence-corrected chi connectivity index (χ3v) is 0. The van der Waals surface area contributed by atoms with Crippen LogP contribution in [0.15, 0.2) is 0 Å². The van der Waals surface area contributed by atoms with Crippen LogP contribution in [-0.4, -0.2) is 0 Å². The molecule has 0 aromatic rings. The maximum absolute atomic E-state index is 8.56. The van der Waals surface area contributed by atoms with E-state index in [1.165, 1.54) is 0 Å². The summed E-state index contributed by atoms with van der Waals surface area (Å²) >= 11 is -23.6. The molecule has 0 rings (SSSR count). The van der Waals surface area contributed by atoms with Gasteiger partial charge >= 0.3 is 263 Å². The first-order chi connectivity index (χ1) is 10.4. The molecule has 30 heteroatoms. The molecule has 0 aromatic heterocycles. The van der Waals surface area contributed by atoms with Crippen LogP contribution in [0.5, 0.6) is 0 Å². The molecular weight excluding hydrogens is 728 g/mol. The number of hydrogen-bond acceptors (Lipinski definition) is 18. The molecule has 0 atom stereocenters. The normalized spacial score (nSPS) is 5.00.